The van der Waals surface area contributed by atoms with E-state index in [4.69, 9.17) is 0 Å². The Hall–Kier alpha value is -1.69. The van der Waals surface area contributed by atoms with Crippen molar-refractivity contribution < 1.29 is 4.79 Å². The Kier molecular flexibility index (Phi) is 4.54. The Morgan fingerprint density at radius 2 is 2.20 bits per heavy atom. The van der Waals surface area contributed by atoms with Crippen molar-refractivity contribution >= 4 is 23.1 Å². The summed E-state index contributed by atoms with van der Waals surface area (Å²) in [6, 6.07) is 2.06. The minimum atomic E-state index is -0.174. The lowest BCUT2D eigenvalue weighted by Gasteiger charge is -2.13. The molecule has 0 saturated carbocycles. The van der Waals surface area contributed by atoms with Gasteiger partial charge in [0.2, 0.25) is 0 Å². The van der Waals surface area contributed by atoms with E-state index in [1.807, 2.05) is 10.1 Å². The molecule has 2 heterocycles. The molecule has 0 aliphatic rings. The van der Waals surface area contributed by atoms with Crippen LogP contribution in [-0.2, 0) is 0 Å². The van der Waals surface area contributed by atoms with E-state index in [1.54, 1.807) is 12.3 Å². The van der Waals surface area contributed by atoms with Gasteiger partial charge in [0, 0.05) is 11.4 Å². The van der Waals surface area contributed by atoms with Gasteiger partial charge in [0.25, 0.3) is 5.91 Å². The molecule has 20 heavy (non-hydrogen) atoms. The summed E-state index contributed by atoms with van der Waals surface area (Å²) >= 11 is 1.38. The first-order valence-corrected chi connectivity index (χ1v) is 7.71. The zero-order chi connectivity index (χ0) is 14.7. The van der Waals surface area contributed by atoms with E-state index in [0.29, 0.717) is 16.7 Å². The van der Waals surface area contributed by atoms with Crippen molar-refractivity contribution in [3.8, 4) is 0 Å². The Morgan fingerprint density at radius 1 is 1.45 bits per heavy atom. The number of amides is 1. The monoisotopic (exact) mass is 292 g/mol. The number of nitrogens with one attached hydrogen (secondary N) is 1. The van der Waals surface area contributed by atoms with Gasteiger partial charge in [-0.05, 0) is 19.3 Å². The van der Waals surface area contributed by atoms with Crippen LogP contribution in [0.1, 0.15) is 61.6 Å². The quantitative estimate of drug-likeness (QED) is 0.914. The average molecular weight is 292 g/mol. The predicted octanol–water partition coefficient (Wildman–Crippen LogP) is 3.69. The zero-order valence-corrected chi connectivity index (χ0v) is 13.1. The SMILES string of the molecule is CCC(C)n1nccc1NC(=O)c1nc(C(C)C)cs1. The van der Waals surface area contributed by atoms with Gasteiger partial charge in [0.05, 0.1) is 17.9 Å². The lowest BCUT2D eigenvalue weighted by atomic mass is 10.2. The normalized spacial score (nSPS) is 12.7. The van der Waals surface area contributed by atoms with Gasteiger partial charge in [0.1, 0.15) is 5.82 Å². The third-order valence-corrected chi connectivity index (χ3v) is 4.09. The Balaban J connectivity index is 2.13. The van der Waals surface area contributed by atoms with Crippen LogP contribution in [0, 0.1) is 0 Å². The molecule has 0 aliphatic carbocycles. The topological polar surface area (TPSA) is 59.8 Å². The maximum Gasteiger partial charge on any atom is 0.285 e. The van der Waals surface area contributed by atoms with Gasteiger partial charge in [-0.15, -0.1) is 11.3 Å². The van der Waals surface area contributed by atoms with E-state index in [-0.39, 0.29) is 11.9 Å². The van der Waals surface area contributed by atoms with E-state index in [1.165, 1.54) is 11.3 Å². The second-order valence-corrected chi connectivity index (χ2v) is 5.96. The van der Waals surface area contributed by atoms with Crippen LogP contribution in [0.4, 0.5) is 5.82 Å². The van der Waals surface area contributed by atoms with Crippen LogP contribution in [0.2, 0.25) is 0 Å². The van der Waals surface area contributed by atoms with E-state index in [2.05, 4.69) is 43.1 Å². The molecule has 2 aromatic rings. The molecule has 0 radical (unpaired) electrons. The molecule has 2 rings (SSSR count). The number of aromatic nitrogens is 3. The third-order valence-electron chi connectivity index (χ3n) is 3.23. The molecule has 2 aromatic heterocycles. The van der Waals surface area contributed by atoms with Gasteiger partial charge < -0.3 is 5.32 Å². The zero-order valence-electron chi connectivity index (χ0n) is 12.3. The fraction of sp³-hybridized carbons (Fsp3) is 0.500. The molecule has 6 heteroatoms. The van der Waals surface area contributed by atoms with Crippen LogP contribution < -0.4 is 5.32 Å². The third kappa shape index (κ3) is 3.07. The number of rotatable bonds is 5. The lowest BCUT2D eigenvalue weighted by molar-refractivity contribution is 0.102. The van der Waals surface area contributed by atoms with Crippen LogP contribution in [0.15, 0.2) is 17.6 Å². The molecule has 108 valence electrons. The number of thiazole rings is 1. The number of hydrogen-bond donors (Lipinski definition) is 1. The molecule has 1 amide bonds. The molecule has 1 N–H and O–H groups in total. The predicted molar refractivity (Wildman–Crippen MR) is 81.4 cm³/mol. The molecular formula is C14H20N4OS. The molecule has 1 unspecified atom stereocenters. The fourth-order valence-electron chi connectivity index (χ4n) is 1.76. The Morgan fingerprint density at radius 3 is 2.80 bits per heavy atom. The fourth-order valence-corrected chi connectivity index (χ4v) is 2.64. The van der Waals surface area contributed by atoms with Crippen molar-refractivity contribution in [3.05, 3.63) is 28.3 Å². The van der Waals surface area contributed by atoms with E-state index in [9.17, 15) is 4.79 Å². The number of carbonyl (C=O) groups is 1. The van der Waals surface area contributed by atoms with E-state index in [0.717, 1.165) is 12.1 Å². The molecule has 0 saturated heterocycles. The summed E-state index contributed by atoms with van der Waals surface area (Å²) in [5.74, 6) is 0.871. The highest BCUT2D eigenvalue weighted by Gasteiger charge is 2.16. The largest absolute Gasteiger partial charge is 0.305 e. The second-order valence-electron chi connectivity index (χ2n) is 5.10. The summed E-state index contributed by atoms with van der Waals surface area (Å²) in [6.07, 6.45) is 2.66. The smallest absolute Gasteiger partial charge is 0.285 e. The van der Waals surface area contributed by atoms with Crippen molar-refractivity contribution in [2.24, 2.45) is 0 Å². The molecule has 0 spiro atoms. The standard InChI is InChI=1S/C14H20N4OS/c1-5-10(4)18-12(6-7-15-18)17-13(19)14-16-11(8-20-14)9(2)3/h6-10H,5H2,1-4H3,(H,17,19). The summed E-state index contributed by atoms with van der Waals surface area (Å²) < 4.78 is 1.83. The Bertz CT molecular complexity index is 588. The highest BCUT2D eigenvalue weighted by atomic mass is 32.1. The average Bonchev–Trinajstić information content (AvgIpc) is 3.06. The van der Waals surface area contributed by atoms with Crippen LogP contribution >= 0.6 is 11.3 Å². The molecular weight excluding hydrogens is 272 g/mol. The van der Waals surface area contributed by atoms with Crippen LogP contribution in [-0.4, -0.2) is 20.7 Å². The van der Waals surface area contributed by atoms with Gasteiger partial charge in [-0.25, -0.2) is 9.67 Å². The molecule has 0 aliphatic heterocycles. The summed E-state index contributed by atoms with van der Waals surface area (Å²) in [5.41, 5.74) is 0.954. The molecule has 5 nitrogen and oxygen atoms in total. The van der Waals surface area contributed by atoms with Gasteiger partial charge in [-0.2, -0.15) is 5.10 Å². The van der Waals surface area contributed by atoms with Crippen molar-refractivity contribution in [3.63, 3.8) is 0 Å². The molecule has 0 aromatic carbocycles. The van der Waals surface area contributed by atoms with E-state index >= 15 is 0 Å². The second kappa shape index (κ2) is 6.17. The van der Waals surface area contributed by atoms with Crippen LogP contribution in [0.3, 0.4) is 0 Å². The first-order chi connectivity index (χ1) is 9.52. The highest BCUT2D eigenvalue weighted by Crippen LogP contribution is 2.20. The molecule has 0 bridgehead atoms. The van der Waals surface area contributed by atoms with Crippen molar-refractivity contribution in [1.82, 2.24) is 14.8 Å². The van der Waals surface area contributed by atoms with Crippen molar-refractivity contribution in [2.45, 2.75) is 46.1 Å². The minimum Gasteiger partial charge on any atom is -0.305 e. The van der Waals surface area contributed by atoms with Gasteiger partial charge in [-0.3, -0.25) is 4.79 Å². The Labute approximate surface area is 123 Å². The summed E-state index contributed by atoms with van der Waals surface area (Å²) in [4.78, 5) is 16.6. The summed E-state index contributed by atoms with van der Waals surface area (Å²) in [5, 5.41) is 9.56. The number of nitrogens with zero attached hydrogens (tertiary/aromatic N) is 3. The summed E-state index contributed by atoms with van der Waals surface area (Å²) in [7, 11) is 0. The first-order valence-electron chi connectivity index (χ1n) is 6.83. The van der Waals surface area contributed by atoms with E-state index < -0.39 is 0 Å². The molecule has 0 fully saturated rings. The van der Waals surface area contributed by atoms with Crippen LogP contribution in [0.25, 0.3) is 0 Å². The molecule has 1 atom stereocenters. The minimum absolute atomic E-state index is 0.174. The maximum absolute atomic E-state index is 12.2. The number of carbonyl (C=O) groups excluding carboxylic acids is 1. The van der Waals surface area contributed by atoms with Gasteiger partial charge in [-0.1, -0.05) is 20.8 Å². The number of anilines is 1. The van der Waals surface area contributed by atoms with Crippen molar-refractivity contribution in [2.75, 3.05) is 5.32 Å². The summed E-state index contributed by atoms with van der Waals surface area (Å²) in [6.45, 7) is 8.29. The maximum atomic E-state index is 12.2. The lowest BCUT2D eigenvalue weighted by Crippen LogP contribution is -2.17. The van der Waals surface area contributed by atoms with Crippen LogP contribution in [0.5, 0.6) is 0 Å². The number of hydrogen-bond acceptors (Lipinski definition) is 4. The van der Waals surface area contributed by atoms with Gasteiger partial charge >= 0.3 is 0 Å². The highest BCUT2D eigenvalue weighted by molar-refractivity contribution is 7.11. The first kappa shape index (κ1) is 14.7. The van der Waals surface area contributed by atoms with Crippen molar-refractivity contribution in [1.29, 1.82) is 0 Å². The van der Waals surface area contributed by atoms with Gasteiger partial charge in [0.15, 0.2) is 5.01 Å².